The summed E-state index contributed by atoms with van der Waals surface area (Å²) >= 11 is 0. The summed E-state index contributed by atoms with van der Waals surface area (Å²) in [6, 6.07) is 6.49. The number of rotatable bonds is 8. The van der Waals surface area contributed by atoms with E-state index in [0.717, 1.165) is 0 Å². The van der Waals surface area contributed by atoms with E-state index in [-0.39, 0.29) is 36.0 Å². The zero-order valence-electron chi connectivity index (χ0n) is 17.9. The predicted octanol–water partition coefficient (Wildman–Crippen LogP) is 1.78. The maximum atomic E-state index is 12.6. The Kier molecular flexibility index (Phi) is 8.08. The minimum Gasteiger partial charge on any atom is -0.343 e. The molecule has 0 aliphatic carbocycles. The molecule has 9 heteroatoms. The normalized spacial score (nSPS) is 10.8. The summed E-state index contributed by atoms with van der Waals surface area (Å²) < 4.78 is 1.25. The highest BCUT2D eigenvalue weighted by Crippen LogP contribution is 2.14. The van der Waals surface area contributed by atoms with Crippen molar-refractivity contribution < 1.29 is 14.4 Å². The zero-order valence-corrected chi connectivity index (χ0v) is 17.9. The fourth-order valence-electron chi connectivity index (χ4n) is 3.11. The number of hydrogen-bond acceptors (Lipinski definition) is 5. The molecule has 0 spiro atoms. The van der Waals surface area contributed by atoms with E-state index >= 15 is 0 Å². The summed E-state index contributed by atoms with van der Waals surface area (Å²) in [7, 11) is 0. The Morgan fingerprint density at radius 2 is 1.67 bits per heavy atom. The van der Waals surface area contributed by atoms with Crippen molar-refractivity contribution in [2.45, 2.75) is 53.0 Å². The largest absolute Gasteiger partial charge is 0.343 e. The Hall–Kier alpha value is -3.23. The van der Waals surface area contributed by atoms with E-state index in [4.69, 9.17) is 0 Å². The average molecular weight is 415 g/mol. The van der Waals surface area contributed by atoms with Crippen LogP contribution in [-0.4, -0.2) is 45.5 Å². The lowest BCUT2D eigenvalue weighted by molar-refractivity contribution is -0.131. The number of carbonyl (C=O) groups is 3. The van der Waals surface area contributed by atoms with Crippen molar-refractivity contribution in [1.82, 2.24) is 25.5 Å². The van der Waals surface area contributed by atoms with E-state index in [0.29, 0.717) is 30.3 Å². The molecule has 0 saturated carbocycles. The molecule has 2 N–H and O–H groups in total. The van der Waals surface area contributed by atoms with Gasteiger partial charge >= 0.3 is 0 Å². The summed E-state index contributed by atoms with van der Waals surface area (Å²) in [4.78, 5) is 50.9. The summed E-state index contributed by atoms with van der Waals surface area (Å²) in [5.41, 5.74) is 4.47. The molecule has 0 saturated heterocycles. The Labute approximate surface area is 175 Å². The van der Waals surface area contributed by atoms with Crippen LogP contribution in [0.5, 0.6) is 0 Å². The lowest BCUT2D eigenvalue weighted by Gasteiger charge is -2.18. The third-order valence-corrected chi connectivity index (χ3v) is 4.76. The molecule has 1 aromatic heterocycles. The van der Waals surface area contributed by atoms with Crippen molar-refractivity contribution in [2.75, 3.05) is 13.1 Å². The van der Waals surface area contributed by atoms with Gasteiger partial charge in [0.05, 0.1) is 11.4 Å². The second-order valence-corrected chi connectivity index (χ2v) is 7.16. The average Bonchev–Trinajstić information content (AvgIpc) is 2.73. The Morgan fingerprint density at radius 3 is 2.27 bits per heavy atom. The monoisotopic (exact) mass is 415 g/mol. The number of carbonyl (C=O) groups excluding carboxylic acids is 3. The Bertz CT molecular complexity index is 979. The van der Waals surface area contributed by atoms with Crippen molar-refractivity contribution in [1.29, 1.82) is 0 Å². The standard InChI is InChI=1S/C21H29N5O4/c1-5-25(6-2)18(28)13-9-12-17(27)22-23-20(29)19-15-10-7-8-11-16(15)21(30)26(24-19)14(3)4/h7-8,10-11,14H,5-6,9,12-13H2,1-4H3,(H,22,27)(H,23,29). The molecule has 2 aromatic rings. The molecule has 0 aliphatic heterocycles. The molecule has 0 atom stereocenters. The van der Waals surface area contributed by atoms with Crippen LogP contribution in [0, 0.1) is 0 Å². The van der Waals surface area contributed by atoms with Gasteiger partial charge in [0.15, 0.2) is 5.69 Å². The van der Waals surface area contributed by atoms with Gasteiger partial charge in [0.25, 0.3) is 11.5 Å². The van der Waals surface area contributed by atoms with Gasteiger partial charge in [-0.2, -0.15) is 5.10 Å². The molecule has 30 heavy (non-hydrogen) atoms. The van der Waals surface area contributed by atoms with E-state index in [1.807, 2.05) is 13.8 Å². The SMILES string of the molecule is CCN(CC)C(=O)CCCC(=O)NNC(=O)c1nn(C(C)C)c(=O)c2ccccc12. The Balaban J connectivity index is 2.02. The molecule has 1 heterocycles. The van der Waals surface area contributed by atoms with Crippen molar-refractivity contribution >= 4 is 28.5 Å². The molecule has 162 valence electrons. The first-order chi connectivity index (χ1) is 14.3. The van der Waals surface area contributed by atoms with Gasteiger partial charge < -0.3 is 4.90 Å². The van der Waals surface area contributed by atoms with Crippen LogP contribution in [-0.2, 0) is 9.59 Å². The Morgan fingerprint density at radius 1 is 1.03 bits per heavy atom. The molecular formula is C21H29N5O4. The molecule has 2 rings (SSSR count). The summed E-state index contributed by atoms with van der Waals surface area (Å²) in [5.74, 6) is -1.02. The van der Waals surface area contributed by atoms with Gasteiger partial charge in [-0.05, 0) is 40.2 Å². The van der Waals surface area contributed by atoms with Gasteiger partial charge in [0.2, 0.25) is 11.8 Å². The first-order valence-corrected chi connectivity index (χ1v) is 10.2. The number of amides is 3. The molecule has 0 aliphatic rings. The highest BCUT2D eigenvalue weighted by molar-refractivity contribution is 6.05. The van der Waals surface area contributed by atoms with Crippen molar-refractivity contribution in [2.24, 2.45) is 0 Å². The van der Waals surface area contributed by atoms with Gasteiger partial charge in [-0.25, -0.2) is 4.68 Å². The van der Waals surface area contributed by atoms with Crippen LogP contribution in [0.4, 0.5) is 0 Å². The maximum Gasteiger partial charge on any atom is 0.290 e. The summed E-state index contributed by atoms with van der Waals surface area (Å²) in [5, 5.41) is 4.99. The summed E-state index contributed by atoms with van der Waals surface area (Å²) in [6.07, 6.45) is 0.762. The number of nitrogens with zero attached hydrogens (tertiary/aromatic N) is 3. The third kappa shape index (κ3) is 5.43. The van der Waals surface area contributed by atoms with Gasteiger partial charge in [-0.3, -0.25) is 30.0 Å². The smallest absolute Gasteiger partial charge is 0.290 e. The van der Waals surface area contributed by atoms with Crippen LogP contribution in [0.2, 0.25) is 0 Å². The zero-order chi connectivity index (χ0) is 22.3. The van der Waals surface area contributed by atoms with Crippen molar-refractivity contribution in [3.8, 4) is 0 Å². The van der Waals surface area contributed by atoms with Crippen LogP contribution in [0.25, 0.3) is 10.8 Å². The predicted molar refractivity (Wildman–Crippen MR) is 114 cm³/mol. The number of hydrazine groups is 1. The van der Waals surface area contributed by atoms with E-state index in [2.05, 4.69) is 16.0 Å². The second-order valence-electron chi connectivity index (χ2n) is 7.16. The maximum absolute atomic E-state index is 12.6. The van der Waals surface area contributed by atoms with Crippen LogP contribution in [0.1, 0.15) is 63.5 Å². The number of fused-ring (bicyclic) bond motifs is 1. The van der Waals surface area contributed by atoms with Gasteiger partial charge in [-0.15, -0.1) is 0 Å². The molecule has 0 bridgehead atoms. The lowest BCUT2D eigenvalue weighted by Crippen LogP contribution is -2.43. The van der Waals surface area contributed by atoms with E-state index in [9.17, 15) is 19.2 Å². The minimum absolute atomic E-state index is 0.00319. The first-order valence-electron chi connectivity index (χ1n) is 10.2. The molecule has 9 nitrogen and oxygen atoms in total. The molecular weight excluding hydrogens is 386 g/mol. The highest BCUT2D eigenvalue weighted by atomic mass is 16.2. The van der Waals surface area contributed by atoms with Gasteiger partial charge in [0.1, 0.15) is 0 Å². The van der Waals surface area contributed by atoms with E-state index < -0.39 is 11.8 Å². The fraction of sp³-hybridized carbons (Fsp3) is 0.476. The molecule has 0 radical (unpaired) electrons. The van der Waals surface area contributed by atoms with Crippen LogP contribution < -0.4 is 16.4 Å². The fourth-order valence-corrected chi connectivity index (χ4v) is 3.11. The van der Waals surface area contributed by atoms with Crippen LogP contribution in [0.15, 0.2) is 29.1 Å². The van der Waals surface area contributed by atoms with Gasteiger partial charge in [0, 0.05) is 31.3 Å². The van der Waals surface area contributed by atoms with Gasteiger partial charge in [-0.1, -0.05) is 18.2 Å². The quantitative estimate of drug-likeness (QED) is 0.638. The van der Waals surface area contributed by atoms with Crippen molar-refractivity contribution in [3.63, 3.8) is 0 Å². The van der Waals surface area contributed by atoms with E-state index in [1.54, 1.807) is 43.0 Å². The number of nitrogens with one attached hydrogen (secondary N) is 2. The molecule has 0 fully saturated rings. The minimum atomic E-state index is -0.617. The molecule has 1 aromatic carbocycles. The third-order valence-electron chi connectivity index (χ3n) is 4.76. The van der Waals surface area contributed by atoms with Crippen molar-refractivity contribution in [3.05, 3.63) is 40.3 Å². The number of benzene rings is 1. The topological polar surface area (TPSA) is 113 Å². The number of hydrogen-bond donors (Lipinski definition) is 2. The summed E-state index contributed by atoms with van der Waals surface area (Å²) in [6.45, 7) is 8.68. The highest BCUT2D eigenvalue weighted by Gasteiger charge is 2.18. The van der Waals surface area contributed by atoms with Crippen LogP contribution >= 0.6 is 0 Å². The lowest BCUT2D eigenvalue weighted by atomic mass is 10.1. The second kappa shape index (κ2) is 10.5. The molecule has 3 amide bonds. The number of aromatic nitrogens is 2. The molecule has 0 unspecified atom stereocenters. The van der Waals surface area contributed by atoms with Crippen LogP contribution in [0.3, 0.4) is 0 Å². The van der Waals surface area contributed by atoms with E-state index in [1.165, 1.54) is 4.68 Å². The first kappa shape index (κ1) is 23.1.